The predicted molar refractivity (Wildman–Crippen MR) is 76.7 cm³/mol. The number of furan rings is 1. The van der Waals surface area contributed by atoms with Gasteiger partial charge in [-0.1, -0.05) is 33.2 Å². The molecule has 2 N–H and O–H groups in total. The topological polar surface area (TPSA) is 77.8 Å². The Labute approximate surface area is 125 Å². The summed E-state index contributed by atoms with van der Waals surface area (Å²) in [5.74, 6) is -0.582. The lowest BCUT2D eigenvalue weighted by Gasteiger charge is -2.00. The first-order valence-corrected chi connectivity index (χ1v) is 6.71. The molecule has 0 unspecified atom stereocenters. The number of oxime groups is 1. The van der Waals surface area contributed by atoms with Crippen molar-refractivity contribution < 1.29 is 14.0 Å². The third-order valence-electron chi connectivity index (χ3n) is 2.12. The van der Waals surface area contributed by atoms with Gasteiger partial charge >= 0.3 is 5.97 Å². The molecule has 19 heavy (non-hydrogen) atoms. The van der Waals surface area contributed by atoms with Gasteiger partial charge in [0.05, 0.1) is 0 Å². The van der Waals surface area contributed by atoms with Crippen LogP contribution in [0, 0.1) is 0 Å². The molecule has 0 fully saturated rings. The molecular weight excluding hydrogens is 380 g/mol. The van der Waals surface area contributed by atoms with Crippen molar-refractivity contribution in [1.29, 1.82) is 0 Å². The molecule has 2 rings (SSSR count). The van der Waals surface area contributed by atoms with Crippen molar-refractivity contribution in [3.8, 4) is 0 Å². The molecule has 0 aliphatic rings. The Kier molecular flexibility index (Phi) is 4.39. The molecule has 0 radical (unpaired) electrons. The monoisotopic (exact) mass is 386 g/mol. The van der Waals surface area contributed by atoms with E-state index in [2.05, 4.69) is 37.0 Å². The number of nitrogens with zero attached hydrogens (tertiary/aromatic N) is 1. The highest BCUT2D eigenvalue weighted by Crippen LogP contribution is 2.15. The zero-order valence-corrected chi connectivity index (χ0v) is 12.6. The number of hydrogen-bond donors (Lipinski definition) is 1. The lowest BCUT2D eigenvalue weighted by molar-refractivity contribution is 0.0478. The first-order chi connectivity index (χ1) is 9.06. The summed E-state index contributed by atoms with van der Waals surface area (Å²) in [6, 6.07) is 10.2. The highest BCUT2D eigenvalue weighted by Gasteiger charge is 2.12. The van der Waals surface area contributed by atoms with Crippen molar-refractivity contribution in [1.82, 2.24) is 0 Å². The van der Waals surface area contributed by atoms with Crippen LogP contribution in [0.5, 0.6) is 0 Å². The highest BCUT2D eigenvalue weighted by molar-refractivity contribution is 9.10. The number of nitrogens with two attached hydrogens (primary N) is 1. The largest absolute Gasteiger partial charge is 0.442 e. The number of carbonyl (C=O) groups is 1. The lowest BCUT2D eigenvalue weighted by Crippen LogP contribution is -2.15. The van der Waals surface area contributed by atoms with Crippen LogP contribution in [0.25, 0.3) is 0 Å². The second-order valence-corrected chi connectivity index (χ2v) is 5.17. The summed E-state index contributed by atoms with van der Waals surface area (Å²) in [4.78, 5) is 16.2. The maximum Gasteiger partial charge on any atom is 0.400 e. The van der Waals surface area contributed by atoms with E-state index in [1.807, 2.05) is 6.07 Å². The number of hydrogen-bond acceptors (Lipinski definition) is 4. The van der Waals surface area contributed by atoms with Gasteiger partial charge in [0.15, 0.2) is 10.5 Å². The van der Waals surface area contributed by atoms with Gasteiger partial charge < -0.3 is 15.0 Å². The number of amidine groups is 1. The van der Waals surface area contributed by atoms with Crippen LogP contribution in [0.15, 0.2) is 55.1 Å². The number of carbonyl (C=O) groups excluding carboxylic acids is 1. The van der Waals surface area contributed by atoms with Crippen molar-refractivity contribution in [3.63, 3.8) is 0 Å². The van der Waals surface area contributed by atoms with Gasteiger partial charge in [0.1, 0.15) is 0 Å². The van der Waals surface area contributed by atoms with E-state index in [-0.39, 0.29) is 11.6 Å². The van der Waals surface area contributed by atoms with E-state index >= 15 is 0 Å². The average molecular weight is 388 g/mol. The average Bonchev–Trinajstić information content (AvgIpc) is 2.82. The zero-order chi connectivity index (χ0) is 13.8. The molecule has 1 heterocycles. The quantitative estimate of drug-likeness (QED) is 0.379. The van der Waals surface area contributed by atoms with Crippen LogP contribution in [-0.4, -0.2) is 11.8 Å². The summed E-state index contributed by atoms with van der Waals surface area (Å²) < 4.78 is 6.31. The van der Waals surface area contributed by atoms with Gasteiger partial charge in [0, 0.05) is 10.0 Å². The molecule has 0 saturated carbocycles. The molecule has 98 valence electrons. The number of benzene rings is 1. The summed E-state index contributed by atoms with van der Waals surface area (Å²) in [6.07, 6.45) is 0. The van der Waals surface area contributed by atoms with Gasteiger partial charge in [-0.2, -0.15) is 0 Å². The molecule has 0 bridgehead atoms. The standard InChI is InChI=1S/C12H8Br2N2O3/c13-8-3-1-2-7(6-8)11(15)16-19-12(17)9-4-5-10(14)18-9/h1-6H,(H2,15,16). The summed E-state index contributed by atoms with van der Waals surface area (Å²) in [5, 5.41) is 3.57. The van der Waals surface area contributed by atoms with E-state index in [0.29, 0.717) is 10.2 Å². The molecular formula is C12H8Br2N2O3. The number of halogens is 2. The third kappa shape index (κ3) is 3.68. The van der Waals surface area contributed by atoms with Crippen LogP contribution >= 0.6 is 31.9 Å². The molecule has 7 heteroatoms. The van der Waals surface area contributed by atoms with E-state index in [9.17, 15) is 4.79 Å². The van der Waals surface area contributed by atoms with Gasteiger partial charge in [-0.3, -0.25) is 0 Å². The van der Waals surface area contributed by atoms with Crippen LogP contribution in [0.1, 0.15) is 16.1 Å². The minimum atomic E-state index is -0.719. The Hall–Kier alpha value is -1.60. The van der Waals surface area contributed by atoms with Crippen LogP contribution in [0.3, 0.4) is 0 Å². The van der Waals surface area contributed by atoms with Crippen LogP contribution in [-0.2, 0) is 4.84 Å². The summed E-state index contributed by atoms with van der Waals surface area (Å²) in [5.41, 5.74) is 6.35. The van der Waals surface area contributed by atoms with Gasteiger partial charge in [-0.25, -0.2) is 4.79 Å². The van der Waals surface area contributed by atoms with Gasteiger partial charge in [0.25, 0.3) is 0 Å². The fourth-order valence-corrected chi connectivity index (χ4v) is 1.97. The Morgan fingerprint density at radius 3 is 2.68 bits per heavy atom. The Morgan fingerprint density at radius 1 is 1.26 bits per heavy atom. The normalized spacial score (nSPS) is 11.4. The van der Waals surface area contributed by atoms with Gasteiger partial charge in [-0.05, 0) is 40.2 Å². The fourth-order valence-electron chi connectivity index (χ4n) is 1.26. The smallest absolute Gasteiger partial charge is 0.400 e. The molecule has 0 amide bonds. The molecule has 0 aliphatic carbocycles. The minimum Gasteiger partial charge on any atom is -0.442 e. The molecule has 1 aromatic heterocycles. The molecule has 2 aromatic rings. The second-order valence-electron chi connectivity index (χ2n) is 3.47. The maximum atomic E-state index is 11.6. The Bertz CT molecular complexity index is 637. The highest BCUT2D eigenvalue weighted by atomic mass is 79.9. The first kappa shape index (κ1) is 13.8. The molecule has 0 saturated heterocycles. The summed E-state index contributed by atoms with van der Waals surface area (Å²) >= 11 is 6.40. The van der Waals surface area contributed by atoms with E-state index in [4.69, 9.17) is 15.0 Å². The number of rotatable bonds is 3. The summed E-state index contributed by atoms with van der Waals surface area (Å²) in [6.45, 7) is 0. The van der Waals surface area contributed by atoms with Gasteiger partial charge in [0.2, 0.25) is 5.76 Å². The molecule has 0 aliphatic heterocycles. The van der Waals surface area contributed by atoms with Crippen LogP contribution in [0.4, 0.5) is 0 Å². The first-order valence-electron chi connectivity index (χ1n) is 5.12. The van der Waals surface area contributed by atoms with Gasteiger partial charge in [-0.15, -0.1) is 0 Å². The van der Waals surface area contributed by atoms with Crippen LogP contribution in [0.2, 0.25) is 0 Å². The van der Waals surface area contributed by atoms with Crippen molar-refractivity contribution in [3.05, 3.63) is 56.9 Å². The second kappa shape index (κ2) is 6.03. The minimum absolute atomic E-state index is 0.0395. The van der Waals surface area contributed by atoms with E-state index < -0.39 is 5.97 Å². The molecule has 0 spiro atoms. The Morgan fingerprint density at radius 2 is 2.05 bits per heavy atom. The van der Waals surface area contributed by atoms with E-state index in [1.165, 1.54) is 6.07 Å². The molecule has 1 aromatic carbocycles. The van der Waals surface area contributed by atoms with Crippen LogP contribution < -0.4 is 5.73 Å². The summed E-state index contributed by atoms with van der Waals surface area (Å²) in [7, 11) is 0. The fraction of sp³-hybridized carbons (Fsp3) is 0. The van der Waals surface area contributed by atoms with E-state index in [0.717, 1.165) is 4.47 Å². The predicted octanol–water partition coefficient (Wildman–Crippen LogP) is 3.28. The van der Waals surface area contributed by atoms with Crippen molar-refractivity contribution in [2.75, 3.05) is 0 Å². The van der Waals surface area contributed by atoms with Crippen molar-refractivity contribution >= 4 is 43.7 Å². The van der Waals surface area contributed by atoms with Crippen molar-refractivity contribution in [2.45, 2.75) is 0 Å². The molecule has 5 nitrogen and oxygen atoms in total. The lowest BCUT2D eigenvalue weighted by atomic mass is 10.2. The maximum absolute atomic E-state index is 11.6. The third-order valence-corrected chi connectivity index (χ3v) is 3.04. The van der Waals surface area contributed by atoms with Crippen molar-refractivity contribution in [2.24, 2.45) is 10.9 Å². The SMILES string of the molecule is NC(=NOC(=O)c1ccc(Br)o1)c1cccc(Br)c1. The molecule has 0 atom stereocenters. The zero-order valence-electron chi connectivity index (χ0n) is 9.47. The Balaban J connectivity index is 2.08. The van der Waals surface area contributed by atoms with E-state index in [1.54, 1.807) is 24.3 Å².